The molecule has 0 saturated carbocycles. The number of hydrogen-bond donors (Lipinski definition) is 1. The first-order valence-corrected chi connectivity index (χ1v) is 7.82. The van der Waals surface area contributed by atoms with Gasteiger partial charge >= 0.3 is 5.97 Å². The number of ether oxygens (including phenoxy) is 2. The summed E-state index contributed by atoms with van der Waals surface area (Å²) in [7, 11) is 1.54. The van der Waals surface area contributed by atoms with E-state index in [1.807, 2.05) is 31.2 Å². The van der Waals surface area contributed by atoms with Gasteiger partial charge in [0.1, 0.15) is 11.8 Å². The number of benzene rings is 1. The van der Waals surface area contributed by atoms with E-state index in [0.717, 1.165) is 11.3 Å². The van der Waals surface area contributed by atoms with Crippen molar-refractivity contribution in [3.05, 3.63) is 29.8 Å². The SMILES string of the molecule is CCOc1ccc(CCC(=O)N2CC(OC)CC2C(=O)O)cc1. The van der Waals surface area contributed by atoms with Crippen molar-refractivity contribution in [3.8, 4) is 5.75 Å². The summed E-state index contributed by atoms with van der Waals surface area (Å²) in [5.41, 5.74) is 1.02. The number of hydrogen-bond acceptors (Lipinski definition) is 4. The van der Waals surface area contributed by atoms with Gasteiger partial charge in [-0.1, -0.05) is 12.1 Å². The molecule has 2 rings (SSSR count). The smallest absolute Gasteiger partial charge is 0.326 e. The van der Waals surface area contributed by atoms with Gasteiger partial charge in [0.15, 0.2) is 0 Å². The molecule has 0 aliphatic carbocycles. The number of amides is 1. The molecule has 1 saturated heterocycles. The van der Waals surface area contributed by atoms with E-state index >= 15 is 0 Å². The monoisotopic (exact) mass is 321 g/mol. The zero-order chi connectivity index (χ0) is 16.8. The lowest BCUT2D eigenvalue weighted by molar-refractivity contribution is -0.148. The normalized spacial score (nSPS) is 20.5. The van der Waals surface area contributed by atoms with Crippen molar-refractivity contribution >= 4 is 11.9 Å². The summed E-state index contributed by atoms with van der Waals surface area (Å²) in [6, 6.07) is 6.82. The molecule has 2 unspecified atom stereocenters. The van der Waals surface area contributed by atoms with E-state index in [1.54, 1.807) is 0 Å². The first-order chi connectivity index (χ1) is 11.0. The van der Waals surface area contributed by atoms with Crippen LogP contribution in [0, 0.1) is 0 Å². The molecule has 1 amide bonds. The maximum Gasteiger partial charge on any atom is 0.326 e. The van der Waals surface area contributed by atoms with Gasteiger partial charge in [0, 0.05) is 26.5 Å². The molecule has 1 aliphatic rings. The maximum atomic E-state index is 12.3. The number of aliphatic carboxylic acids is 1. The summed E-state index contributed by atoms with van der Waals surface area (Å²) in [5.74, 6) is -0.319. The molecule has 0 radical (unpaired) electrons. The Kier molecular flexibility index (Phi) is 5.98. The summed E-state index contributed by atoms with van der Waals surface area (Å²) in [6.07, 6.45) is 1.01. The number of aryl methyl sites for hydroxylation is 1. The lowest BCUT2D eigenvalue weighted by atomic mass is 10.1. The van der Waals surface area contributed by atoms with Crippen LogP contribution in [-0.2, 0) is 20.7 Å². The van der Waals surface area contributed by atoms with Gasteiger partial charge in [0.05, 0.1) is 12.7 Å². The van der Waals surface area contributed by atoms with Crippen LogP contribution in [0.4, 0.5) is 0 Å². The summed E-state index contributed by atoms with van der Waals surface area (Å²) in [5, 5.41) is 9.25. The van der Waals surface area contributed by atoms with Crippen LogP contribution in [-0.4, -0.2) is 54.3 Å². The van der Waals surface area contributed by atoms with Crippen LogP contribution in [0.15, 0.2) is 24.3 Å². The van der Waals surface area contributed by atoms with Crippen molar-refractivity contribution in [2.45, 2.75) is 38.3 Å². The molecule has 2 atom stereocenters. The number of methoxy groups -OCH3 is 1. The fraction of sp³-hybridized carbons (Fsp3) is 0.529. The van der Waals surface area contributed by atoms with E-state index in [-0.39, 0.29) is 18.4 Å². The molecule has 1 aromatic carbocycles. The molecule has 1 heterocycles. The standard InChI is InChI=1S/C17H23NO5/c1-3-23-13-7-4-12(5-8-13)6-9-16(19)18-11-14(22-2)10-15(18)17(20)21/h4-5,7-8,14-15H,3,6,9-11H2,1-2H3,(H,20,21). The van der Waals surface area contributed by atoms with Crippen LogP contribution in [0.2, 0.25) is 0 Å². The number of carbonyl (C=O) groups excluding carboxylic acids is 1. The number of rotatable bonds is 7. The maximum absolute atomic E-state index is 12.3. The van der Waals surface area contributed by atoms with Gasteiger partial charge in [-0.3, -0.25) is 4.79 Å². The summed E-state index contributed by atoms with van der Waals surface area (Å²) in [6.45, 7) is 2.88. The molecule has 6 heteroatoms. The fourth-order valence-electron chi connectivity index (χ4n) is 2.79. The highest BCUT2D eigenvalue weighted by molar-refractivity contribution is 5.84. The van der Waals surface area contributed by atoms with Gasteiger partial charge in [-0.15, -0.1) is 0 Å². The van der Waals surface area contributed by atoms with E-state index in [9.17, 15) is 14.7 Å². The fourth-order valence-corrected chi connectivity index (χ4v) is 2.79. The Bertz CT molecular complexity index is 542. The number of carboxylic acid groups (broad SMARTS) is 1. The van der Waals surface area contributed by atoms with Gasteiger partial charge in [0.25, 0.3) is 0 Å². The molecular weight excluding hydrogens is 298 g/mol. The Morgan fingerprint density at radius 1 is 1.30 bits per heavy atom. The molecule has 23 heavy (non-hydrogen) atoms. The molecule has 0 aromatic heterocycles. The van der Waals surface area contributed by atoms with Crippen molar-refractivity contribution in [1.29, 1.82) is 0 Å². The average molecular weight is 321 g/mol. The molecule has 1 aliphatic heterocycles. The van der Waals surface area contributed by atoms with Crippen molar-refractivity contribution in [2.75, 3.05) is 20.3 Å². The van der Waals surface area contributed by atoms with Crippen LogP contribution in [0.3, 0.4) is 0 Å². The molecule has 126 valence electrons. The van der Waals surface area contributed by atoms with Gasteiger partial charge in [0.2, 0.25) is 5.91 Å². The third kappa shape index (κ3) is 4.45. The van der Waals surface area contributed by atoms with E-state index < -0.39 is 12.0 Å². The molecule has 6 nitrogen and oxygen atoms in total. The number of carboxylic acids is 1. The van der Waals surface area contributed by atoms with Crippen LogP contribution >= 0.6 is 0 Å². The third-order valence-electron chi connectivity index (χ3n) is 4.06. The highest BCUT2D eigenvalue weighted by Gasteiger charge is 2.39. The lowest BCUT2D eigenvalue weighted by Gasteiger charge is -2.21. The van der Waals surface area contributed by atoms with Crippen LogP contribution in [0.5, 0.6) is 5.75 Å². The Morgan fingerprint density at radius 2 is 2.00 bits per heavy atom. The van der Waals surface area contributed by atoms with E-state index in [2.05, 4.69) is 0 Å². The Labute approximate surface area is 136 Å². The van der Waals surface area contributed by atoms with Crippen LogP contribution in [0.25, 0.3) is 0 Å². The minimum absolute atomic E-state index is 0.147. The number of nitrogens with zero attached hydrogens (tertiary/aromatic N) is 1. The second kappa shape index (κ2) is 7.97. The van der Waals surface area contributed by atoms with Gasteiger partial charge in [-0.05, 0) is 31.0 Å². The van der Waals surface area contributed by atoms with E-state index in [1.165, 1.54) is 12.0 Å². The predicted molar refractivity (Wildman–Crippen MR) is 84.5 cm³/mol. The van der Waals surface area contributed by atoms with E-state index in [0.29, 0.717) is 26.0 Å². The number of carbonyl (C=O) groups is 2. The minimum atomic E-state index is -0.973. The third-order valence-corrected chi connectivity index (χ3v) is 4.06. The van der Waals surface area contributed by atoms with Crippen LogP contribution in [0.1, 0.15) is 25.3 Å². The van der Waals surface area contributed by atoms with Gasteiger partial charge < -0.3 is 19.5 Å². The van der Waals surface area contributed by atoms with Gasteiger partial charge in [-0.25, -0.2) is 4.79 Å². The Balaban J connectivity index is 1.91. The summed E-state index contributed by atoms with van der Waals surface area (Å²) >= 11 is 0. The second-order valence-electron chi connectivity index (χ2n) is 5.57. The predicted octanol–water partition coefficient (Wildman–Crippen LogP) is 1.72. The topological polar surface area (TPSA) is 76.1 Å². The van der Waals surface area contributed by atoms with Crippen molar-refractivity contribution < 1.29 is 24.2 Å². The molecule has 1 N–H and O–H groups in total. The van der Waals surface area contributed by atoms with Crippen LogP contribution < -0.4 is 4.74 Å². The zero-order valence-electron chi connectivity index (χ0n) is 13.5. The highest BCUT2D eigenvalue weighted by atomic mass is 16.5. The first kappa shape index (κ1) is 17.3. The first-order valence-electron chi connectivity index (χ1n) is 7.82. The van der Waals surface area contributed by atoms with E-state index in [4.69, 9.17) is 9.47 Å². The number of likely N-dealkylation sites (tertiary alicyclic amines) is 1. The molecule has 1 aromatic rings. The molecule has 0 spiro atoms. The highest BCUT2D eigenvalue weighted by Crippen LogP contribution is 2.22. The Morgan fingerprint density at radius 3 is 2.57 bits per heavy atom. The van der Waals surface area contributed by atoms with Crippen molar-refractivity contribution in [3.63, 3.8) is 0 Å². The van der Waals surface area contributed by atoms with Crippen molar-refractivity contribution in [2.24, 2.45) is 0 Å². The molecule has 1 fully saturated rings. The second-order valence-corrected chi connectivity index (χ2v) is 5.57. The largest absolute Gasteiger partial charge is 0.494 e. The van der Waals surface area contributed by atoms with Crippen molar-refractivity contribution in [1.82, 2.24) is 4.90 Å². The minimum Gasteiger partial charge on any atom is -0.494 e. The zero-order valence-corrected chi connectivity index (χ0v) is 13.5. The average Bonchev–Trinajstić information content (AvgIpc) is 2.99. The lowest BCUT2D eigenvalue weighted by Crippen LogP contribution is -2.40. The van der Waals surface area contributed by atoms with Gasteiger partial charge in [-0.2, -0.15) is 0 Å². The Hall–Kier alpha value is -2.08. The summed E-state index contributed by atoms with van der Waals surface area (Å²) < 4.78 is 10.6. The quantitative estimate of drug-likeness (QED) is 0.827. The summed E-state index contributed by atoms with van der Waals surface area (Å²) in [4.78, 5) is 25.1. The molecule has 0 bridgehead atoms. The molecular formula is C17H23NO5.